The van der Waals surface area contributed by atoms with Crippen LogP contribution in [0.3, 0.4) is 0 Å². The minimum Gasteiger partial charge on any atom is -0.473 e. The molecular formula is C62H66Cl2F2N12O20. The maximum atomic E-state index is 13.4. The number of piperidine rings is 2. The van der Waals surface area contributed by atoms with Gasteiger partial charge in [-0.1, -0.05) is 71.7 Å². The molecule has 0 unspecified atom stereocenters. The van der Waals surface area contributed by atoms with E-state index in [1.54, 1.807) is 12.1 Å². The summed E-state index contributed by atoms with van der Waals surface area (Å²) in [5.41, 5.74) is 6.47. The lowest BCUT2D eigenvalue weighted by molar-refractivity contribution is -0.159. The summed E-state index contributed by atoms with van der Waals surface area (Å²) in [5.74, 6) is -13.7. The number of nitrogens with zero attached hydrogens (tertiary/aromatic N) is 10. The Morgan fingerprint density at radius 2 is 0.704 bits per heavy atom. The number of aromatic nitrogens is 8. The van der Waals surface area contributed by atoms with Crippen LogP contribution in [0.5, 0.6) is 0 Å². The Morgan fingerprint density at radius 1 is 0.418 bits per heavy atom. The third-order valence-corrected chi connectivity index (χ3v) is 14.4. The molecule has 32 nitrogen and oxygen atoms in total. The van der Waals surface area contributed by atoms with Crippen LogP contribution in [0.25, 0.3) is 22.1 Å². The van der Waals surface area contributed by atoms with E-state index in [0.29, 0.717) is 35.2 Å². The third-order valence-electron chi connectivity index (χ3n) is 14.0. The molecule has 4 aromatic carbocycles. The molecule has 36 heteroatoms. The quantitative estimate of drug-likeness (QED) is 0.0399. The van der Waals surface area contributed by atoms with Gasteiger partial charge in [-0.15, -0.1) is 0 Å². The summed E-state index contributed by atoms with van der Waals surface area (Å²) in [6, 6.07) is 33.6. The molecule has 0 bridgehead atoms. The van der Waals surface area contributed by atoms with Gasteiger partial charge in [-0.25, -0.2) is 86.6 Å². The van der Waals surface area contributed by atoms with Crippen molar-refractivity contribution in [2.75, 3.05) is 63.0 Å². The number of carbonyl (C=O) groups is 10. The van der Waals surface area contributed by atoms with E-state index in [2.05, 4.69) is 85.9 Å². The second-order valence-electron chi connectivity index (χ2n) is 20.8. The minimum absolute atomic E-state index is 0.206. The van der Waals surface area contributed by atoms with E-state index in [9.17, 15) is 8.78 Å². The Bertz CT molecular complexity index is 3610. The second kappa shape index (κ2) is 40.8. The van der Waals surface area contributed by atoms with Crippen LogP contribution < -0.4 is 10.6 Å². The summed E-state index contributed by atoms with van der Waals surface area (Å²) in [6.07, 6.45) is 9.47. The Hall–Kier alpha value is -11.4. The number of rotatable bonds is 16. The number of nitrogens with one attached hydrogen (secondary N) is 2. The molecule has 2 aliphatic heterocycles. The van der Waals surface area contributed by atoms with Gasteiger partial charge in [-0.3, -0.25) is 0 Å². The lowest BCUT2D eigenvalue weighted by Gasteiger charge is -2.32. The summed E-state index contributed by atoms with van der Waals surface area (Å²) in [5, 5.41) is 81.4. The second-order valence-corrected chi connectivity index (χ2v) is 21.6. The fourth-order valence-electron chi connectivity index (χ4n) is 9.35. The van der Waals surface area contributed by atoms with Crippen molar-refractivity contribution in [2.24, 2.45) is 11.8 Å². The lowest BCUT2D eigenvalue weighted by Crippen LogP contribution is -2.37. The molecule has 0 spiro atoms. The number of fused-ring (bicyclic) bond motifs is 2. The summed E-state index contributed by atoms with van der Waals surface area (Å²) >= 11 is 11.8. The van der Waals surface area contributed by atoms with Gasteiger partial charge in [0.1, 0.15) is 57.9 Å². The molecule has 8 aromatic rings. The van der Waals surface area contributed by atoms with E-state index >= 15 is 0 Å². The molecule has 2 fully saturated rings. The highest BCUT2D eigenvalue weighted by atomic mass is 35.5. The van der Waals surface area contributed by atoms with Gasteiger partial charge in [0, 0.05) is 64.2 Å². The molecule has 0 radical (unpaired) electrons. The topological polar surface area (TPSA) is 491 Å². The van der Waals surface area contributed by atoms with E-state index in [1.165, 1.54) is 36.9 Å². The number of halogens is 4. The highest BCUT2D eigenvalue weighted by Gasteiger charge is 2.24. The largest absolute Gasteiger partial charge is 0.473 e. The van der Waals surface area contributed by atoms with Gasteiger partial charge >= 0.3 is 59.7 Å². The van der Waals surface area contributed by atoms with Crippen LogP contribution in [0.1, 0.15) is 48.5 Å². The van der Waals surface area contributed by atoms with Crippen molar-refractivity contribution >= 4 is 117 Å². The smallest absolute Gasteiger partial charge is 0.414 e. The molecule has 0 aliphatic carbocycles. The number of hydrogen-bond acceptors (Lipinski definition) is 20. The first-order valence-electron chi connectivity index (χ1n) is 29.1. The van der Waals surface area contributed by atoms with E-state index in [-0.39, 0.29) is 11.6 Å². The van der Waals surface area contributed by atoms with Gasteiger partial charge in [-0.05, 0) is 123 Å². The van der Waals surface area contributed by atoms with Crippen molar-refractivity contribution < 1.29 is 108 Å². The van der Waals surface area contributed by atoms with Crippen molar-refractivity contribution in [3.8, 4) is 0 Å². The highest BCUT2D eigenvalue weighted by Crippen LogP contribution is 2.27. The average Bonchev–Trinajstić information content (AvgIpc) is 1.66. The first-order chi connectivity index (χ1) is 46.5. The monoisotopic (exact) mass is 1410 g/mol. The number of aliphatic carboxylic acids is 10. The zero-order chi connectivity index (χ0) is 72.4. The minimum atomic E-state index is -1.82. The van der Waals surface area contributed by atoms with E-state index in [1.807, 2.05) is 36.4 Å². The Labute approximate surface area is 564 Å². The van der Waals surface area contributed by atoms with Gasteiger partial charge < -0.3 is 80.6 Å². The SMILES string of the molecule is Fc1ccc(Cn2c(CC3CCN(CCNc4cc(Cl)ncn4)CC3)nc3ccccc32)cc1.Fc1ccc(Cn2c(CC3CCN(CCNc4cc(Cl)ncn4)CC3)nc3ccccc32)cc1.O=C(O)C(=O)O.O=C(O)C(=O)O.O=C(O)C(=O)O.O=C(O)C(=O)O.O=C(O)C(=O)O. The van der Waals surface area contributed by atoms with Crippen LogP contribution in [0.15, 0.2) is 122 Å². The zero-order valence-corrected chi connectivity index (χ0v) is 53.1. The third kappa shape index (κ3) is 29.1. The molecule has 98 heavy (non-hydrogen) atoms. The van der Waals surface area contributed by atoms with E-state index in [4.69, 9.17) is 132 Å². The molecule has 0 atom stereocenters. The predicted molar refractivity (Wildman–Crippen MR) is 344 cm³/mol. The van der Waals surface area contributed by atoms with Crippen molar-refractivity contribution in [1.82, 2.24) is 48.8 Å². The maximum absolute atomic E-state index is 13.4. The molecule has 0 amide bonds. The number of likely N-dealkylation sites (tertiary alicyclic amines) is 2. The van der Waals surface area contributed by atoms with Gasteiger partial charge in [0.05, 0.1) is 22.1 Å². The van der Waals surface area contributed by atoms with Crippen LogP contribution in [0, 0.1) is 23.5 Å². The highest BCUT2D eigenvalue weighted by molar-refractivity contribution is 6.30. The summed E-state index contributed by atoms with van der Waals surface area (Å²) in [4.78, 5) is 122. The van der Waals surface area contributed by atoms with Crippen molar-refractivity contribution in [1.29, 1.82) is 0 Å². The standard InChI is InChI=1S/2C26H28ClFN6.5C2H2O4/c2*27-24-16-25(31-18-30-24)29-11-14-33-12-9-19(10-13-33)15-26-32-22-3-1-2-4-23(22)34(26)17-20-5-7-21(28)8-6-20;5*3-1(4)2(5)6/h2*1-8,16,18-19H,9-15,17H2,(H,29,30,31);5*(H,3,4)(H,5,6). The van der Waals surface area contributed by atoms with E-state index < -0.39 is 59.7 Å². The van der Waals surface area contributed by atoms with Crippen LogP contribution >= 0.6 is 23.2 Å². The van der Waals surface area contributed by atoms with E-state index in [0.717, 1.165) is 147 Å². The molecule has 2 saturated heterocycles. The Kier molecular flexibility index (Phi) is 32.9. The Morgan fingerprint density at radius 3 is 0.980 bits per heavy atom. The molecule has 2 aliphatic rings. The summed E-state index contributed by atoms with van der Waals surface area (Å²) in [7, 11) is 0. The van der Waals surface area contributed by atoms with Gasteiger partial charge in [0.15, 0.2) is 0 Å². The van der Waals surface area contributed by atoms with Gasteiger partial charge in [0.25, 0.3) is 0 Å². The summed E-state index contributed by atoms with van der Waals surface area (Å²) < 4.78 is 31.4. The van der Waals surface area contributed by atoms with Crippen LogP contribution in [-0.2, 0) is 73.9 Å². The van der Waals surface area contributed by atoms with Gasteiger partial charge in [-0.2, -0.15) is 0 Å². The number of benzene rings is 4. The normalized spacial score (nSPS) is 12.7. The molecule has 6 heterocycles. The summed E-state index contributed by atoms with van der Waals surface area (Å²) in [6.45, 7) is 9.31. The number of imidazole rings is 2. The number of hydrogen-bond donors (Lipinski definition) is 12. The van der Waals surface area contributed by atoms with Crippen molar-refractivity contribution in [2.45, 2.75) is 51.6 Å². The zero-order valence-electron chi connectivity index (χ0n) is 51.6. The van der Waals surface area contributed by atoms with Crippen LogP contribution in [-0.4, -0.2) is 212 Å². The molecule has 4 aromatic heterocycles. The fourth-order valence-corrected chi connectivity index (χ4v) is 9.64. The van der Waals surface area contributed by atoms with Crippen molar-refractivity contribution in [3.63, 3.8) is 0 Å². The number of carboxylic acid groups (broad SMARTS) is 10. The van der Waals surface area contributed by atoms with Gasteiger partial charge in [0.2, 0.25) is 0 Å². The predicted octanol–water partition coefficient (Wildman–Crippen LogP) is 5.85. The molecule has 10 rings (SSSR count). The number of carboxylic acids is 10. The average molecular weight is 1410 g/mol. The first-order valence-corrected chi connectivity index (χ1v) is 29.8. The first kappa shape index (κ1) is 79.1. The lowest BCUT2D eigenvalue weighted by atomic mass is 9.93. The molecule has 0 saturated carbocycles. The molecule has 12 N–H and O–H groups in total. The van der Waals surface area contributed by atoms with Crippen LogP contribution in [0.4, 0.5) is 20.4 Å². The number of anilines is 2. The van der Waals surface area contributed by atoms with Crippen molar-refractivity contribution in [3.05, 3.63) is 167 Å². The molecular weight excluding hydrogens is 1340 g/mol. The fraction of sp³-hybridized carbons (Fsp3) is 0.290. The number of para-hydroxylation sites is 4. The van der Waals surface area contributed by atoms with Crippen LogP contribution in [0.2, 0.25) is 10.3 Å². The maximum Gasteiger partial charge on any atom is 0.414 e. The Balaban J connectivity index is 0.000000295. The molecule has 522 valence electrons.